The van der Waals surface area contributed by atoms with Crippen LogP contribution in [0.5, 0.6) is 0 Å². The number of nitrogens with zero attached hydrogens (tertiary/aromatic N) is 2. The molecule has 35 heavy (non-hydrogen) atoms. The smallest absolute Gasteiger partial charge is 0.243 e. The number of allylic oxidation sites excluding steroid dienone is 1. The lowest BCUT2D eigenvalue weighted by Crippen LogP contribution is -2.45. The highest BCUT2D eigenvalue weighted by molar-refractivity contribution is 7.89. The second kappa shape index (κ2) is 10.3. The number of benzene rings is 2. The van der Waals surface area contributed by atoms with E-state index < -0.39 is 10.0 Å². The van der Waals surface area contributed by atoms with Gasteiger partial charge < -0.3 is 10.3 Å². The molecule has 0 saturated carbocycles. The van der Waals surface area contributed by atoms with Gasteiger partial charge in [-0.3, -0.25) is 4.79 Å². The fourth-order valence-electron chi connectivity index (χ4n) is 5.03. The third-order valence-corrected chi connectivity index (χ3v) is 8.88. The maximum atomic E-state index is 13.4. The summed E-state index contributed by atoms with van der Waals surface area (Å²) in [7, 11) is -3.72. The van der Waals surface area contributed by atoms with Crippen LogP contribution in [-0.4, -0.2) is 48.2 Å². The molecular weight excluding hydrogens is 460 g/mol. The summed E-state index contributed by atoms with van der Waals surface area (Å²) < 4.78 is 28.4. The number of hydrogen-bond acceptors (Lipinski definition) is 4. The molecule has 1 atom stereocenters. The topological polar surface area (TPSA) is 95.2 Å². The van der Waals surface area contributed by atoms with Crippen LogP contribution in [0.25, 0.3) is 22.4 Å². The maximum Gasteiger partial charge on any atom is 0.243 e. The molecule has 8 heteroatoms. The van der Waals surface area contributed by atoms with E-state index in [4.69, 9.17) is 0 Å². The van der Waals surface area contributed by atoms with Gasteiger partial charge >= 0.3 is 0 Å². The molecule has 1 aliphatic heterocycles. The van der Waals surface area contributed by atoms with Crippen LogP contribution in [0.3, 0.4) is 0 Å². The molecule has 1 unspecified atom stereocenters. The predicted molar refractivity (Wildman–Crippen MR) is 137 cm³/mol. The highest BCUT2D eigenvalue weighted by Gasteiger charge is 2.33. The average Bonchev–Trinajstić information content (AvgIpc) is 3.33. The van der Waals surface area contributed by atoms with Gasteiger partial charge in [-0.2, -0.15) is 4.31 Å². The van der Waals surface area contributed by atoms with Gasteiger partial charge in [-0.1, -0.05) is 42.0 Å². The Morgan fingerprint density at radius 2 is 1.97 bits per heavy atom. The Balaban J connectivity index is 1.26. The number of carbonyl (C=O) groups excluding carboxylic acids is 1. The van der Waals surface area contributed by atoms with Crippen molar-refractivity contribution in [2.24, 2.45) is 5.92 Å². The number of piperidine rings is 1. The van der Waals surface area contributed by atoms with E-state index in [9.17, 15) is 13.2 Å². The molecule has 2 N–H and O–H groups in total. The predicted octanol–water partition coefficient (Wildman–Crippen LogP) is 4.64. The Labute approximate surface area is 206 Å². The van der Waals surface area contributed by atoms with E-state index in [1.165, 1.54) is 22.7 Å². The molecule has 1 fully saturated rings. The van der Waals surface area contributed by atoms with Crippen molar-refractivity contribution in [1.82, 2.24) is 19.6 Å². The number of rotatable bonds is 7. The first-order valence-electron chi connectivity index (χ1n) is 12.5. The molecule has 0 spiro atoms. The van der Waals surface area contributed by atoms with Gasteiger partial charge in [0.05, 0.1) is 21.8 Å². The van der Waals surface area contributed by atoms with Crippen LogP contribution >= 0.6 is 0 Å². The van der Waals surface area contributed by atoms with Crippen LogP contribution < -0.4 is 5.32 Å². The van der Waals surface area contributed by atoms with Crippen LogP contribution in [0.1, 0.15) is 44.9 Å². The number of carbonyl (C=O) groups is 1. The van der Waals surface area contributed by atoms with Gasteiger partial charge in [-0.25, -0.2) is 13.4 Å². The van der Waals surface area contributed by atoms with Crippen LogP contribution in [-0.2, 0) is 14.8 Å². The molecule has 2 aromatic carbocycles. The fraction of sp³-hybridized carbons (Fsp3) is 0.407. The molecule has 1 amide bonds. The van der Waals surface area contributed by atoms with Crippen LogP contribution in [0.2, 0.25) is 0 Å². The van der Waals surface area contributed by atoms with Gasteiger partial charge in [0.15, 0.2) is 0 Å². The Hall–Kier alpha value is -2.97. The number of sulfonamides is 1. The molecule has 1 aromatic heterocycles. The number of aromatic amines is 1. The lowest BCUT2D eigenvalue weighted by molar-refractivity contribution is -0.126. The molecule has 1 saturated heterocycles. The Morgan fingerprint density at radius 3 is 2.77 bits per heavy atom. The van der Waals surface area contributed by atoms with Crippen molar-refractivity contribution < 1.29 is 13.2 Å². The van der Waals surface area contributed by atoms with Crippen molar-refractivity contribution in [3.63, 3.8) is 0 Å². The molecular formula is C27H32N4O3S. The van der Waals surface area contributed by atoms with Gasteiger partial charge in [0.1, 0.15) is 5.82 Å². The second-order valence-electron chi connectivity index (χ2n) is 9.48. The summed E-state index contributed by atoms with van der Waals surface area (Å²) in [6, 6.07) is 14.7. The number of H-pyrrole nitrogens is 1. The monoisotopic (exact) mass is 492 g/mol. The van der Waals surface area contributed by atoms with Gasteiger partial charge in [0.25, 0.3) is 0 Å². The Morgan fingerprint density at radius 1 is 1.11 bits per heavy atom. The number of hydrogen-bond donors (Lipinski definition) is 2. The molecule has 3 aromatic rings. The van der Waals surface area contributed by atoms with E-state index in [-0.39, 0.29) is 23.3 Å². The second-order valence-corrected chi connectivity index (χ2v) is 11.4. The maximum absolute atomic E-state index is 13.4. The zero-order valence-electron chi connectivity index (χ0n) is 19.9. The SMILES string of the molecule is O=C(NCCC1=CCCCC1)C1CCCN(S(=O)(=O)c2ccc3nc(-c4ccccc4)[nH]c3c2)C1. The van der Waals surface area contributed by atoms with E-state index in [1.807, 2.05) is 30.3 Å². The number of aromatic nitrogens is 2. The van der Waals surface area contributed by atoms with Crippen LogP contribution in [0.15, 0.2) is 65.1 Å². The molecule has 0 bridgehead atoms. The molecule has 184 valence electrons. The Kier molecular flexibility index (Phi) is 7.02. The number of imidazole rings is 1. The fourth-order valence-corrected chi connectivity index (χ4v) is 6.58. The lowest BCUT2D eigenvalue weighted by Gasteiger charge is -2.31. The largest absolute Gasteiger partial charge is 0.356 e. The summed E-state index contributed by atoms with van der Waals surface area (Å²) in [5.74, 6) is 0.339. The molecule has 7 nitrogen and oxygen atoms in total. The van der Waals surface area contributed by atoms with Gasteiger partial charge in [0, 0.05) is 25.2 Å². The summed E-state index contributed by atoms with van der Waals surface area (Å²) in [6.07, 6.45) is 9.30. The minimum atomic E-state index is -3.72. The summed E-state index contributed by atoms with van der Waals surface area (Å²) in [5.41, 5.74) is 3.76. The highest BCUT2D eigenvalue weighted by atomic mass is 32.2. The van der Waals surface area contributed by atoms with Crippen LogP contribution in [0.4, 0.5) is 0 Å². The quantitative estimate of drug-likeness (QED) is 0.470. The highest BCUT2D eigenvalue weighted by Crippen LogP contribution is 2.27. The van der Waals surface area contributed by atoms with E-state index in [2.05, 4.69) is 21.4 Å². The van der Waals surface area contributed by atoms with E-state index in [0.717, 1.165) is 24.8 Å². The van der Waals surface area contributed by atoms with E-state index in [1.54, 1.807) is 18.2 Å². The van der Waals surface area contributed by atoms with Crippen molar-refractivity contribution >= 4 is 27.0 Å². The van der Waals surface area contributed by atoms with Crippen molar-refractivity contribution in [3.05, 3.63) is 60.2 Å². The third-order valence-electron chi connectivity index (χ3n) is 7.02. The first-order chi connectivity index (χ1) is 17.0. The van der Waals surface area contributed by atoms with Crippen molar-refractivity contribution in [3.8, 4) is 11.4 Å². The molecule has 5 rings (SSSR count). The Bertz CT molecular complexity index is 1330. The minimum absolute atomic E-state index is 0.0437. The van der Waals surface area contributed by atoms with Crippen molar-refractivity contribution in [2.45, 2.75) is 49.8 Å². The first-order valence-corrected chi connectivity index (χ1v) is 14.0. The molecule has 0 radical (unpaired) electrons. The van der Waals surface area contributed by atoms with Crippen molar-refractivity contribution in [2.75, 3.05) is 19.6 Å². The van der Waals surface area contributed by atoms with Crippen molar-refractivity contribution in [1.29, 1.82) is 0 Å². The molecule has 1 aliphatic carbocycles. The minimum Gasteiger partial charge on any atom is -0.356 e. The van der Waals surface area contributed by atoms with E-state index >= 15 is 0 Å². The number of nitrogens with one attached hydrogen (secondary N) is 2. The van der Waals surface area contributed by atoms with Gasteiger partial charge in [-0.05, 0) is 63.1 Å². The zero-order valence-corrected chi connectivity index (χ0v) is 20.7. The zero-order chi connectivity index (χ0) is 24.3. The van der Waals surface area contributed by atoms with Gasteiger partial charge in [-0.15, -0.1) is 0 Å². The average molecular weight is 493 g/mol. The summed E-state index contributed by atoms with van der Waals surface area (Å²) >= 11 is 0. The third kappa shape index (κ3) is 5.33. The number of amides is 1. The summed E-state index contributed by atoms with van der Waals surface area (Å²) in [5, 5.41) is 3.04. The number of fused-ring (bicyclic) bond motifs is 1. The molecule has 2 heterocycles. The lowest BCUT2D eigenvalue weighted by atomic mass is 9.96. The standard InChI is InChI=1S/C27H32N4O3S/c32-27(28-16-15-20-8-3-1-4-9-20)22-12-7-17-31(19-22)35(33,34)23-13-14-24-25(18-23)30-26(29-24)21-10-5-2-6-11-21/h2,5-6,8,10-11,13-14,18,22H,1,3-4,7,9,12,15-17,19H2,(H,28,32)(H,29,30). The summed E-state index contributed by atoms with van der Waals surface area (Å²) in [6.45, 7) is 1.26. The normalized spacial score (nSPS) is 19.4. The van der Waals surface area contributed by atoms with E-state index in [0.29, 0.717) is 42.8 Å². The van der Waals surface area contributed by atoms with Gasteiger partial charge in [0.2, 0.25) is 15.9 Å². The van der Waals surface area contributed by atoms with Crippen LogP contribution in [0, 0.1) is 5.92 Å². The summed E-state index contributed by atoms with van der Waals surface area (Å²) in [4.78, 5) is 20.9. The first kappa shape index (κ1) is 23.8. The molecule has 2 aliphatic rings.